The van der Waals surface area contributed by atoms with Crippen molar-refractivity contribution < 1.29 is 9.53 Å². The monoisotopic (exact) mass is 566 g/mol. The molecule has 1 aromatic carbocycles. The predicted octanol–water partition coefficient (Wildman–Crippen LogP) is 2.88. The highest BCUT2D eigenvalue weighted by atomic mass is 127. The second-order valence-corrected chi connectivity index (χ2v) is 8.10. The molecule has 0 bridgehead atoms. The number of ether oxygens (including phenoxy) is 1. The van der Waals surface area contributed by atoms with Gasteiger partial charge in [0.05, 0.1) is 19.3 Å². The second-order valence-electron chi connectivity index (χ2n) is 8.10. The fourth-order valence-electron chi connectivity index (χ4n) is 3.45. The zero-order valence-corrected chi connectivity index (χ0v) is 22.2. The summed E-state index contributed by atoms with van der Waals surface area (Å²) in [5.74, 6) is 1.73. The van der Waals surface area contributed by atoms with Gasteiger partial charge in [-0.25, -0.2) is 9.98 Å². The number of amides is 1. The average Bonchev–Trinajstić information content (AvgIpc) is 2.81. The molecule has 0 aliphatic carbocycles. The van der Waals surface area contributed by atoms with Crippen molar-refractivity contribution >= 4 is 41.7 Å². The summed E-state index contributed by atoms with van der Waals surface area (Å²) in [4.78, 5) is 25.2. The number of hydrogen-bond donors (Lipinski definition) is 2. The summed E-state index contributed by atoms with van der Waals surface area (Å²) in [6.45, 7) is 8.53. The fourth-order valence-corrected chi connectivity index (χ4v) is 3.45. The van der Waals surface area contributed by atoms with E-state index < -0.39 is 0 Å². The van der Waals surface area contributed by atoms with E-state index in [1.807, 2.05) is 37.4 Å². The van der Waals surface area contributed by atoms with Gasteiger partial charge in [0, 0.05) is 52.0 Å². The van der Waals surface area contributed by atoms with Crippen molar-refractivity contribution in [1.29, 1.82) is 0 Å². The third kappa shape index (κ3) is 8.15. The van der Waals surface area contributed by atoms with Crippen LogP contribution >= 0.6 is 24.0 Å². The van der Waals surface area contributed by atoms with Gasteiger partial charge >= 0.3 is 0 Å². The van der Waals surface area contributed by atoms with Gasteiger partial charge in [-0.15, -0.1) is 24.0 Å². The van der Waals surface area contributed by atoms with E-state index in [0.717, 1.165) is 49.1 Å². The van der Waals surface area contributed by atoms with Crippen LogP contribution in [0, 0.1) is 0 Å². The lowest BCUT2D eigenvalue weighted by molar-refractivity contribution is 0.0529. The third-order valence-corrected chi connectivity index (χ3v) is 5.21. The minimum absolute atomic E-state index is 0. The summed E-state index contributed by atoms with van der Waals surface area (Å²) >= 11 is 0. The first-order valence-electron chi connectivity index (χ1n) is 11.1. The number of aromatic nitrogens is 1. The van der Waals surface area contributed by atoms with Crippen molar-refractivity contribution in [3.8, 4) is 0 Å². The van der Waals surface area contributed by atoms with Gasteiger partial charge in [0.1, 0.15) is 5.82 Å². The van der Waals surface area contributed by atoms with Gasteiger partial charge in [0.25, 0.3) is 5.91 Å². The van der Waals surface area contributed by atoms with Crippen LogP contribution < -0.4 is 15.5 Å². The van der Waals surface area contributed by atoms with Crippen LogP contribution in [-0.4, -0.2) is 68.2 Å². The van der Waals surface area contributed by atoms with Crippen molar-refractivity contribution in [2.24, 2.45) is 4.99 Å². The van der Waals surface area contributed by atoms with Crippen LogP contribution in [0.2, 0.25) is 0 Å². The van der Waals surface area contributed by atoms with E-state index >= 15 is 0 Å². The van der Waals surface area contributed by atoms with Crippen LogP contribution in [0.3, 0.4) is 0 Å². The van der Waals surface area contributed by atoms with E-state index in [-0.39, 0.29) is 36.0 Å². The number of carbonyl (C=O) groups excluding carboxylic acids is 1. The molecule has 2 heterocycles. The zero-order valence-electron chi connectivity index (χ0n) is 19.9. The first-order chi connectivity index (χ1) is 15.5. The molecule has 2 aromatic rings. The molecule has 2 N–H and O–H groups in total. The summed E-state index contributed by atoms with van der Waals surface area (Å²) in [6.07, 6.45) is 2.12. The fraction of sp³-hybridized carbons (Fsp3) is 0.458. The molecule has 1 amide bonds. The van der Waals surface area contributed by atoms with Crippen LogP contribution in [0.1, 0.15) is 35.3 Å². The van der Waals surface area contributed by atoms with E-state index in [1.165, 1.54) is 0 Å². The molecule has 9 heteroatoms. The zero-order chi connectivity index (χ0) is 22.9. The second kappa shape index (κ2) is 13.3. The number of nitrogens with one attached hydrogen (secondary N) is 2. The number of guanidine groups is 1. The summed E-state index contributed by atoms with van der Waals surface area (Å²) in [6, 6.07) is 11.8. The van der Waals surface area contributed by atoms with Crippen molar-refractivity contribution in [1.82, 2.24) is 20.5 Å². The molecule has 1 atom stereocenters. The number of rotatable bonds is 7. The molecule has 1 aliphatic rings. The first-order valence-corrected chi connectivity index (χ1v) is 11.1. The quantitative estimate of drug-likeness (QED) is 0.305. The smallest absolute Gasteiger partial charge is 0.253 e. The molecule has 180 valence electrons. The third-order valence-electron chi connectivity index (χ3n) is 5.21. The Balaban J connectivity index is 0.00000385. The van der Waals surface area contributed by atoms with E-state index in [9.17, 15) is 4.79 Å². The highest BCUT2D eigenvalue weighted by molar-refractivity contribution is 14.0. The van der Waals surface area contributed by atoms with E-state index in [1.54, 1.807) is 19.0 Å². The standard InChI is InChI=1S/C24H34N6O2.HI/c1-5-25-24(27-14-19-6-9-21(10-7-19)23(31)29(3)4)28-16-20-8-11-22(26-15-20)30-12-13-32-18(2)17-30;/h6-11,15,18H,5,12-14,16-17H2,1-4H3,(H2,25,27,28);1H. The SMILES string of the molecule is CCNC(=NCc1ccc(N2CCOC(C)C2)nc1)NCc1ccc(C(=O)N(C)C)cc1.I. The van der Waals surface area contributed by atoms with Crippen molar-refractivity contribution in [3.05, 3.63) is 59.3 Å². The summed E-state index contributed by atoms with van der Waals surface area (Å²) in [7, 11) is 3.51. The summed E-state index contributed by atoms with van der Waals surface area (Å²) in [5.41, 5.74) is 2.82. The van der Waals surface area contributed by atoms with Crippen LogP contribution in [0.15, 0.2) is 47.6 Å². The minimum atomic E-state index is 0. The molecule has 0 spiro atoms. The summed E-state index contributed by atoms with van der Waals surface area (Å²) < 4.78 is 5.60. The van der Waals surface area contributed by atoms with Gasteiger partial charge in [-0.05, 0) is 43.2 Å². The van der Waals surface area contributed by atoms with E-state index in [0.29, 0.717) is 18.7 Å². The number of benzene rings is 1. The first kappa shape index (κ1) is 26.8. The number of morpholine rings is 1. The molecular formula is C24H35IN6O2. The van der Waals surface area contributed by atoms with Crippen LogP contribution in [0.5, 0.6) is 0 Å². The average molecular weight is 566 g/mol. The minimum Gasteiger partial charge on any atom is -0.375 e. The molecule has 1 unspecified atom stereocenters. The Labute approximate surface area is 213 Å². The normalized spacial score (nSPS) is 16.1. The molecule has 0 saturated carbocycles. The maximum absolute atomic E-state index is 12.0. The van der Waals surface area contributed by atoms with Gasteiger partial charge < -0.3 is 25.2 Å². The molecule has 1 fully saturated rings. The lowest BCUT2D eigenvalue weighted by atomic mass is 10.1. The largest absolute Gasteiger partial charge is 0.375 e. The number of halogens is 1. The molecule has 0 radical (unpaired) electrons. The van der Waals surface area contributed by atoms with Gasteiger partial charge in [-0.3, -0.25) is 4.79 Å². The predicted molar refractivity (Wildman–Crippen MR) is 143 cm³/mol. The Bertz CT molecular complexity index is 902. The Kier molecular flexibility index (Phi) is 10.9. The maximum atomic E-state index is 12.0. The molecule has 1 aliphatic heterocycles. The van der Waals surface area contributed by atoms with Crippen LogP contribution in [0.4, 0.5) is 5.82 Å². The molecule has 3 rings (SSSR count). The molecular weight excluding hydrogens is 531 g/mol. The lowest BCUT2D eigenvalue weighted by Crippen LogP contribution is -2.41. The van der Waals surface area contributed by atoms with Crippen molar-refractivity contribution in [2.45, 2.75) is 33.0 Å². The maximum Gasteiger partial charge on any atom is 0.253 e. The highest BCUT2D eigenvalue weighted by Gasteiger charge is 2.17. The van der Waals surface area contributed by atoms with E-state index in [4.69, 9.17) is 4.74 Å². The van der Waals surface area contributed by atoms with E-state index in [2.05, 4.69) is 44.6 Å². The number of aliphatic imine (C=N–C) groups is 1. The van der Waals surface area contributed by atoms with Crippen LogP contribution in [0.25, 0.3) is 0 Å². The summed E-state index contributed by atoms with van der Waals surface area (Å²) in [5, 5.41) is 6.62. The van der Waals surface area contributed by atoms with Gasteiger partial charge in [-0.1, -0.05) is 18.2 Å². The molecule has 33 heavy (non-hydrogen) atoms. The van der Waals surface area contributed by atoms with Gasteiger partial charge in [-0.2, -0.15) is 0 Å². The Morgan fingerprint density at radius 2 is 1.91 bits per heavy atom. The van der Waals surface area contributed by atoms with Crippen molar-refractivity contribution in [3.63, 3.8) is 0 Å². The number of anilines is 1. The number of nitrogens with zero attached hydrogens (tertiary/aromatic N) is 4. The highest BCUT2D eigenvalue weighted by Crippen LogP contribution is 2.15. The van der Waals surface area contributed by atoms with Crippen LogP contribution in [-0.2, 0) is 17.8 Å². The topological polar surface area (TPSA) is 82.1 Å². The Morgan fingerprint density at radius 1 is 1.18 bits per heavy atom. The number of carbonyl (C=O) groups is 1. The number of hydrogen-bond acceptors (Lipinski definition) is 5. The number of pyridine rings is 1. The molecule has 8 nitrogen and oxygen atoms in total. The van der Waals surface area contributed by atoms with Crippen molar-refractivity contribution in [2.75, 3.05) is 45.2 Å². The van der Waals surface area contributed by atoms with Gasteiger partial charge in [0.2, 0.25) is 0 Å². The van der Waals surface area contributed by atoms with Gasteiger partial charge in [0.15, 0.2) is 5.96 Å². The molecule has 1 saturated heterocycles. The molecule has 1 aromatic heterocycles. The lowest BCUT2D eigenvalue weighted by Gasteiger charge is -2.32. The Hall–Kier alpha value is -2.40. The Morgan fingerprint density at radius 3 is 2.52 bits per heavy atom.